The van der Waals surface area contributed by atoms with Crippen LogP contribution in [0.3, 0.4) is 0 Å². The van der Waals surface area contributed by atoms with Crippen molar-refractivity contribution in [1.82, 2.24) is 0 Å². The Morgan fingerprint density at radius 1 is 1.56 bits per heavy atom. The molecule has 0 atom stereocenters. The molecule has 0 aromatic rings. The van der Waals surface area contributed by atoms with Crippen LogP contribution in [-0.4, -0.2) is 0 Å². The fourth-order valence-corrected chi connectivity index (χ4v) is 0.477. The molecule has 0 fully saturated rings. The fraction of sp³-hybridized carbons (Fsp3) is 0.250. The number of hydrogen-bond donors (Lipinski definition) is 0. The minimum absolute atomic E-state index is 0.566. The molecular formula is C8H11Cl. The molecule has 0 saturated heterocycles. The largest absolute Gasteiger partial charge is 0.0998 e. The second-order valence-corrected chi connectivity index (χ2v) is 2.50. The monoisotopic (exact) mass is 142 g/mol. The molecule has 0 N–H and O–H groups in total. The molecule has 0 aliphatic heterocycles. The summed E-state index contributed by atoms with van der Waals surface area (Å²) < 4.78 is 0. The predicted octanol–water partition coefficient (Wildman–Crippen LogP) is 3.26. The lowest BCUT2D eigenvalue weighted by Crippen LogP contribution is -1.66. The van der Waals surface area contributed by atoms with Crippen LogP contribution in [0.2, 0.25) is 0 Å². The van der Waals surface area contributed by atoms with E-state index < -0.39 is 0 Å². The molecule has 0 aromatic carbocycles. The predicted molar refractivity (Wildman–Crippen MR) is 43.6 cm³/mol. The zero-order chi connectivity index (χ0) is 7.28. The minimum atomic E-state index is 0.566. The standard InChI is InChI=1S/C8H11Cl/c1-7(2)5-4-6-8(3)9/h4,6H,1,3,5H2,2H3. The van der Waals surface area contributed by atoms with Gasteiger partial charge in [-0.2, -0.15) is 0 Å². The lowest BCUT2D eigenvalue weighted by molar-refractivity contribution is 1.23. The van der Waals surface area contributed by atoms with E-state index in [1.807, 2.05) is 13.0 Å². The molecule has 0 aliphatic rings. The van der Waals surface area contributed by atoms with Crippen molar-refractivity contribution >= 4 is 11.6 Å². The summed E-state index contributed by atoms with van der Waals surface area (Å²) in [5.41, 5.74) is 1.13. The Hall–Kier alpha value is -0.490. The summed E-state index contributed by atoms with van der Waals surface area (Å²) in [6.07, 6.45) is 4.60. The van der Waals surface area contributed by atoms with Crippen molar-refractivity contribution in [3.8, 4) is 0 Å². The van der Waals surface area contributed by atoms with Crippen molar-refractivity contribution in [2.75, 3.05) is 0 Å². The molecule has 0 radical (unpaired) electrons. The van der Waals surface area contributed by atoms with Crippen LogP contribution in [0.25, 0.3) is 0 Å². The van der Waals surface area contributed by atoms with Crippen molar-refractivity contribution in [3.05, 3.63) is 35.9 Å². The zero-order valence-corrected chi connectivity index (χ0v) is 6.41. The summed E-state index contributed by atoms with van der Waals surface area (Å²) in [7, 11) is 0. The molecule has 0 amide bonds. The molecule has 50 valence electrons. The normalized spacial score (nSPS) is 10.0. The van der Waals surface area contributed by atoms with E-state index in [1.165, 1.54) is 0 Å². The molecule has 0 heterocycles. The number of rotatable bonds is 3. The van der Waals surface area contributed by atoms with Gasteiger partial charge in [0.05, 0.1) is 0 Å². The second kappa shape index (κ2) is 4.39. The molecule has 0 unspecified atom stereocenters. The topological polar surface area (TPSA) is 0 Å². The van der Waals surface area contributed by atoms with Crippen LogP contribution in [0.4, 0.5) is 0 Å². The summed E-state index contributed by atoms with van der Waals surface area (Å²) in [5, 5.41) is 0.566. The summed E-state index contributed by atoms with van der Waals surface area (Å²) in [4.78, 5) is 0. The summed E-state index contributed by atoms with van der Waals surface area (Å²) in [6, 6.07) is 0. The van der Waals surface area contributed by atoms with Gasteiger partial charge in [0.1, 0.15) is 0 Å². The number of halogens is 1. The summed E-state index contributed by atoms with van der Waals surface area (Å²) in [5.74, 6) is 0. The number of allylic oxidation sites excluding steroid dienone is 4. The van der Waals surface area contributed by atoms with Gasteiger partial charge in [0.2, 0.25) is 0 Å². The molecule has 0 aromatic heterocycles. The van der Waals surface area contributed by atoms with Crippen LogP contribution in [0, 0.1) is 0 Å². The van der Waals surface area contributed by atoms with Gasteiger partial charge in [0, 0.05) is 5.03 Å². The molecule has 0 rings (SSSR count). The third-order valence-electron chi connectivity index (χ3n) is 0.765. The Balaban J connectivity index is 3.48. The molecule has 9 heavy (non-hydrogen) atoms. The lowest BCUT2D eigenvalue weighted by Gasteiger charge is -1.87. The van der Waals surface area contributed by atoms with Gasteiger partial charge in [-0.25, -0.2) is 0 Å². The van der Waals surface area contributed by atoms with Crippen LogP contribution in [-0.2, 0) is 0 Å². The maximum absolute atomic E-state index is 5.45. The van der Waals surface area contributed by atoms with Gasteiger partial charge >= 0.3 is 0 Å². The third kappa shape index (κ3) is 7.51. The van der Waals surface area contributed by atoms with Gasteiger partial charge in [0.25, 0.3) is 0 Å². The van der Waals surface area contributed by atoms with Crippen molar-refractivity contribution in [1.29, 1.82) is 0 Å². The fourth-order valence-electron chi connectivity index (χ4n) is 0.388. The Kier molecular flexibility index (Phi) is 4.16. The minimum Gasteiger partial charge on any atom is -0.0998 e. The van der Waals surface area contributed by atoms with Crippen molar-refractivity contribution in [2.24, 2.45) is 0 Å². The van der Waals surface area contributed by atoms with E-state index in [4.69, 9.17) is 11.6 Å². The highest BCUT2D eigenvalue weighted by Gasteiger charge is 1.78. The van der Waals surface area contributed by atoms with E-state index in [0.29, 0.717) is 5.03 Å². The Bertz CT molecular complexity index is 143. The van der Waals surface area contributed by atoms with Crippen molar-refractivity contribution < 1.29 is 0 Å². The molecular weight excluding hydrogens is 132 g/mol. The van der Waals surface area contributed by atoms with Gasteiger partial charge in [-0.3, -0.25) is 0 Å². The van der Waals surface area contributed by atoms with Gasteiger partial charge < -0.3 is 0 Å². The van der Waals surface area contributed by atoms with E-state index in [2.05, 4.69) is 13.2 Å². The first-order chi connectivity index (χ1) is 4.13. The second-order valence-electron chi connectivity index (χ2n) is 2.01. The highest BCUT2D eigenvalue weighted by molar-refractivity contribution is 6.30. The lowest BCUT2D eigenvalue weighted by atomic mass is 10.2. The first-order valence-corrected chi connectivity index (χ1v) is 3.16. The molecule has 0 nitrogen and oxygen atoms in total. The molecule has 0 saturated carbocycles. The third-order valence-corrected chi connectivity index (χ3v) is 0.891. The highest BCUT2D eigenvalue weighted by Crippen LogP contribution is 2.02. The maximum Gasteiger partial charge on any atom is 0.0331 e. The Labute approximate surface area is 61.5 Å². The van der Waals surface area contributed by atoms with Gasteiger partial charge in [0.15, 0.2) is 0 Å². The smallest absolute Gasteiger partial charge is 0.0331 e. The maximum atomic E-state index is 5.45. The Morgan fingerprint density at radius 3 is 2.44 bits per heavy atom. The van der Waals surface area contributed by atoms with Crippen molar-refractivity contribution in [3.63, 3.8) is 0 Å². The van der Waals surface area contributed by atoms with E-state index in [-0.39, 0.29) is 0 Å². The van der Waals surface area contributed by atoms with Gasteiger partial charge in [-0.15, -0.1) is 0 Å². The van der Waals surface area contributed by atoms with Crippen LogP contribution >= 0.6 is 11.6 Å². The van der Waals surface area contributed by atoms with Crippen LogP contribution in [0.1, 0.15) is 13.3 Å². The van der Waals surface area contributed by atoms with Gasteiger partial charge in [-0.05, 0) is 19.4 Å². The van der Waals surface area contributed by atoms with E-state index in [9.17, 15) is 0 Å². The molecule has 0 spiro atoms. The average Bonchev–Trinajstić information content (AvgIpc) is 1.63. The average molecular weight is 143 g/mol. The molecule has 1 heteroatoms. The molecule has 0 bridgehead atoms. The van der Waals surface area contributed by atoms with E-state index in [0.717, 1.165) is 12.0 Å². The first-order valence-electron chi connectivity index (χ1n) is 2.78. The van der Waals surface area contributed by atoms with Crippen LogP contribution in [0.5, 0.6) is 0 Å². The first kappa shape index (κ1) is 8.51. The summed E-state index contributed by atoms with van der Waals surface area (Å²) in [6.45, 7) is 9.20. The zero-order valence-electron chi connectivity index (χ0n) is 5.65. The quantitative estimate of drug-likeness (QED) is 0.419. The SMILES string of the molecule is C=C(Cl)C=CCC(=C)C. The number of hydrogen-bond acceptors (Lipinski definition) is 0. The highest BCUT2D eigenvalue weighted by atomic mass is 35.5. The van der Waals surface area contributed by atoms with Crippen LogP contribution in [0.15, 0.2) is 35.9 Å². The van der Waals surface area contributed by atoms with E-state index >= 15 is 0 Å². The Morgan fingerprint density at radius 2 is 2.11 bits per heavy atom. The molecule has 0 aliphatic carbocycles. The van der Waals surface area contributed by atoms with Crippen molar-refractivity contribution in [2.45, 2.75) is 13.3 Å². The van der Waals surface area contributed by atoms with Crippen LogP contribution < -0.4 is 0 Å². The van der Waals surface area contributed by atoms with Gasteiger partial charge in [-0.1, -0.05) is 36.4 Å². The van der Waals surface area contributed by atoms with E-state index in [1.54, 1.807) is 6.08 Å². The summed E-state index contributed by atoms with van der Waals surface area (Å²) >= 11 is 5.45.